The number of hydrogen-bond donors (Lipinski definition) is 1. The average Bonchev–Trinajstić information content (AvgIpc) is 2.77. The van der Waals surface area contributed by atoms with Gasteiger partial charge in [-0.2, -0.15) is 0 Å². The van der Waals surface area contributed by atoms with Gasteiger partial charge in [0, 0.05) is 19.4 Å². The van der Waals surface area contributed by atoms with E-state index < -0.39 is 0 Å². The van der Waals surface area contributed by atoms with Crippen molar-refractivity contribution in [3.05, 3.63) is 30.2 Å². The Hall–Kier alpha value is -1.78. The van der Waals surface area contributed by atoms with Gasteiger partial charge in [0.15, 0.2) is 0 Å². The summed E-state index contributed by atoms with van der Waals surface area (Å²) >= 11 is 0. The fraction of sp³-hybridized carbons (Fsp3) is 0.400. The molecule has 0 bridgehead atoms. The van der Waals surface area contributed by atoms with Crippen LogP contribution in [-0.2, 0) is 7.05 Å². The standard InChI is InChI=1S/C10H14N4O/c1-7-6-12-9(15-7)8(2)13-10-11-4-5-14(10)3/h4-6,8H,1-3H3,(H,11,13). The van der Waals surface area contributed by atoms with E-state index in [2.05, 4.69) is 15.3 Å². The highest BCUT2D eigenvalue weighted by molar-refractivity contribution is 5.28. The molecular weight excluding hydrogens is 192 g/mol. The van der Waals surface area contributed by atoms with Crippen molar-refractivity contribution in [3.8, 4) is 0 Å². The summed E-state index contributed by atoms with van der Waals surface area (Å²) in [5.74, 6) is 2.30. The van der Waals surface area contributed by atoms with E-state index >= 15 is 0 Å². The van der Waals surface area contributed by atoms with E-state index in [0.717, 1.165) is 11.7 Å². The summed E-state index contributed by atoms with van der Waals surface area (Å²) in [6.45, 7) is 3.87. The minimum absolute atomic E-state index is 0.0137. The second-order valence-electron chi connectivity index (χ2n) is 3.54. The number of imidazole rings is 1. The summed E-state index contributed by atoms with van der Waals surface area (Å²) < 4.78 is 7.33. The van der Waals surface area contributed by atoms with Crippen LogP contribution in [0.15, 0.2) is 23.0 Å². The van der Waals surface area contributed by atoms with Crippen LogP contribution in [0.1, 0.15) is 24.6 Å². The first-order chi connectivity index (χ1) is 7.16. The number of nitrogens with one attached hydrogen (secondary N) is 1. The molecule has 2 heterocycles. The Labute approximate surface area is 88.2 Å². The maximum absolute atomic E-state index is 5.42. The third kappa shape index (κ3) is 2.01. The molecule has 0 amide bonds. The molecular formula is C10H14N4O. The van der Waals surface area contributed by atoms with Crippen LogP contribution < -0.4 is 5.32 Å². The molecule has 2 aromatic heterocycles. The fourth-order valence-corrected chi connectivity index (χ4v) is 1.33. The van der Waals surface area contributed by atoms with Gasteiger partial charge in [-0.15, -0.1) is 0 Å². The Morgan fingerprint density at radius 1 is 1.47 bits per heavy atom. The van der Waals surface area contributed by atoms with Crippen LogP contribution in [0.2, 0.25) is 0 Å². The van der Waals surface area contributed by atoms with Gasteiger partial charge in [0.1, 0.15) is 11.8 Å². The van der Waals surface area contributed by atoms with Crippen molar-refractivity contribution in [2.75, 3.05) is 5.32 Å². The van der Waals surface area contributed by atoms with Gasteiger partial charge >= 0.3 is 0 Å². The Morgan fingerprint density at radius 3 is 2.80 bits per heavy atom. The van der Waals surface area contributed by atoms with E-state index in [4.69, 9.17) is 4.42 Å². The molecule has 2 aromatic rings. The molecule has 5 nitrogen and oxygen atoms in total. The zero-order chi connectivity index (χ0) is 10.8. The number of oxazole rings is 1. The molecule has 0 aromatic carbocycles. The van der Waals surface area contributed by atoms with E-state index in [1.54, 1.807) is 12.4 Å². The van der Waals surface area contributed by atoms with Gasteiger partial charge in [0.05, 0.1) is 6.20 Å². The van der Waals surface area contributed by atoms with Crippen molar-refractivity contribution in [2.24, 2.45) is 7.05 Å². The number of aromatic nitrogens is 3. The zero-order valence-corrected chi connectivity index (χ0v) is 9.06. The van der Waals surface area contributed by atoms with Gasteiger partial charge in [-0.25, -0.2) is 9.97 Å². The molecule has 5 heteroatoms. The van der Waals surface area contributed by atoms with Crippen LogP contribution in [0, 0.1) is 6.92 Å². The van der Waals surface area contributed by atoms with Crippen molar-refractivity contribution in [2.45, 2.75) is 19.9 Å². The van der Waals surface area contributed by atoms with E-state index in [9.17, 15) is 0 Å². The van der Waals surface area contributed by atoms with E-state index in [0.29, 0.717) is 5.89 Å². The second-order valence-corrected chi connectivity index (χ2v) is 3.54. The molecule has 0 aliphatic heterocycles. The van der Waals surface area contributed by atoms with E-state index in [1.165, 1.54) is 0 Å². The molecule has 0 fully saturated rings. The van der Waals surface area contributed by atoms with Gasteiger partial charge in [0.2, 0.25) is 11.8 Å². The molecule has 0 saturated heterocycles. The van der Waals surface area contributed by atoms with Gasteiger partial charge in [-0.3, -0.25) is 0 Å². The lowest BCUT2D eigenvalue weighted by Crippen LogP contribution is -2.10. The van der Waals surface area contributed by atoms with E-state index in [-0.39, 0.29) is 6.04 Å². The molecule has 0 aliphatic carbocycles. The summed E-state index contributed by atoms with van der Waals surface area (Å²) in [5.41, 5.74) is 0. The fourth-order valence-electron chi connectivity index (χ4n) is 1.33. The predicted molar refractivity (Wildman–Crippen MR) is 56.5 cm³/mol. The Kier molecular flexibility index (Phi) is 2.45. The molecule has 0 saturated carbocycles. The van der Waals surface area contributed by atoms with Crippen molar-refractivity contribution in [1.82, 2.24) is 14.5 Å². The van der Waals surface area contributed by atoms with Gasteiger partial charge < -0.3 is 14.3 Å². The second kappa shape index (κ2) is 3.76. The van der Waals surface area contributed by atoms with Crippen LogP contribution in [0.25, 0.3) is 0 Å². The number of hydrogen-bond acceptors (Lipinski definition) is 4. The average molecular weight is 206 g/mol. The minimum atomic E-state index is 0.0137. The Bertz CT molecular complexity index is 446. The predicted octanol–water partition coefficient (Wildman–Crippen LogP) is 1.89. The first-order valence-electron chi connectivity index (χ1n) is 4.83. The van der Waals surface area contributed by atoms with Crippen molar-refractivity contribution >= 4 is 5.95 Å². The quantitative estimate of drug-likeness (QED) is 0.833. The summed E-state index contributed by atoms with van der Waals surface area (Å²) in [6.07, 6.45) is 5.34. The van der Waals surface area contributed by atoms with Crippen LogP contribution in [0.5, 0.6) is 0 Å². The first kappa shape index (κ1) is 9.76. The molecule has 15 heavy (non-hydrogen) atoms. The third-order valence-corrected chi connectivity index (χ3v) is 2.18. The molecule has 1 N–H and O–H groups in total. The van der Waals surface area contributed by atoms with Crippen molar-refractivity contribution < 1.29 is 4.42 Å². The van der Waals surface area contributed by atoms with Crippen LogP contribution >= 0.6 is 0 Å². The summed E-state index contributed by atoms with van der Waals surface area (Å²) in [6, 6.07) is 0.0137. The minimum Gasteiger partial charge on any atom is -0.444 e. The van der Waals surface area contributed by atoms with Crippen LogP contribution in [0.4, 0.5) is 5.95 Å². The van der Waals surface area contributed by atoms with Crippen LogP contribution in [0.3, 0.4) is 0 Å². The monoisotopic (exact) mass is 206 g/mol. The molecule has 0 spiro atoms. The first-order valence-corrected chi connectivity index (χ1v) is 4.83. The summed E-state index contributed by atoms with van der Waals surface area (Å²) in [5, 5.41) is 3.22. The number of aryl methyl sites for hydroxylation is 2. The molecule has 1 atom stereocenters. The van der Waals surface area contributed by atoms with Crippen LogP contribution in [-0.4, -0.2) is 14.5 Å². The van der Waals surface area contributed by atoms with Gasteiger partial charge in [-0.1, -0.05) is 0 Å². The van der Waals surface area contributed by atoms with Gasteiger partial charge in [0.25, 0.3) is 0 Å². The highest BCUT2D eigenvalue weighted by atomic mass is 16.4. The normalized spacial score (nSPS) is 12.7. The van der Waals surface area contributed by atoms with E-state index in [1.807, 2.05) is 31.7 Å². The number of anilines is 1. The highest BCUT2D eigenvalue weighted by Crippen LogP contribution is 2.16. The van der Waals surface area contributed by atoms with Gasteiger partial charge in [-0.05, 0) is 13.8 Å². The smallest absolute Gasteiger partial charge is 0.216 e. The summed E-state index contributed by atoms with van der Waals surface area (Å²) in [4.78, 5) is 8.33. The SMILES string of the molecule is Cc1cnc(C(C)Nc2nccn2C)o1. The maximum Gasteiger partial charge on any atom is 0.216 e. The largest absolute Gasteiger partial charge is 0.444 e. The van der Waals surface area contributed by atoms with Crippen molar-refractivity contribution in [3.63, 3.8) is 0 Å². The lowest BCUT2D eigenvalue weighted by atomic mass is 10.3. The lowest BCUT2D eigenvalue weighted by Gasteiger charge is -2.10. The number of rotatable bonds is 3. The topological polar surface area (TPSA) is 55.9 Å². The molecule has 1 unspecified atom stereocenters. The lowest BCUT2D eigenvalue weighted by molar-refractivity contribution is 0.452. The Morgan fingerprint density at radius 2 is 2.27 bits per heavy atom. The maximum atomic E-state index is 5.42. The zero-order valence-electron chi connectivity index (χ0n) is 9.06. The molecule has 0 aliphatic rings. The Balaban J connectivity index is 2.10. The molecule has 0 radical (unpaired) electrons. The highest BCUT2D eigenvalue weighted by Gasteiger charge is 2.12. The van der Waals surface area contributed by atoms with Crippen molar-refractivity contribution in [1.29, 1.82) is 0 Å². The molecule has 2 rings (SSSR count). The third-order valence-electron chi connectivity index (χ3n) is 2.18. The summed E-state index contributed by atoms with van der Waals surface area (Å²) in [7, 11) is 1.93. The number of nitrogens with zero attached hydrogens (tertiary/aromatic N) is 3. The molecule has 80 valence electrons.